The number of piperidine rings is 1. The normalized spacial score (nSPS) is 17.8. The second kappa shape index (κ2) is 7.15. The molecule has 2 heterocycles. The Morgan fingerprint density at radius 3 is 2.79 bits per heavy atom. The Labute approximate surface area is 140 Å². The summed E-state index contributed by atoms with van der Waals surface area (Å²) in [5, 5.41) is 20.6. The maximum atomic E-state index is 11.0. The third-order valence-electron chi connectivity index (χ3n) is 4.71. The lowest BCUT2D eigenvalue weighted by Crippen LogP contribution is -2.38. The van der Waals surface area contributed by atoms with Gasteiger partial charge in [-0.1, -0.05) is 0 Å². The van der Waals surface area contributed by atoms with Crippen molar-refractivity contribution in [1.29, 1.82) is 0 Å². The molecule has 24 heavy (non-hydrogen) atoms. The van der Waals surface area contributed by atoms with Crippen LogP contribution in [0.2, 0.25) is 0 Å². The topological polar surface area (TPSA) is 82.9 Å². The third kappa shape index (κ3) is 3.49. The van der Waals surface area contributed by atoms with E-state index < -0.39 is 12.1 Å². The second-order valence-corrected chi connectivity index (χ2v) is 6.21. The van der Waals surface area contributed by atoms with Gasteiger partial charge in [-0.3, -0.25) is 9.78 Å². The standard InChI is InChI=1S/C18H22N2O4/c1-24-13-2-3-16-15(10-13)14(4-7-19-16)17(21)11-20-8-5-12(6-9-20)18(22)23/h2-4,7,10,12,17,21H,5-6,8-9,11H2,1H3,(H,22,23)/t17-/m0/s1. The van der Waals surface area contributed by atoms with Crippen LogP contribution >= 0.6 is 0 Å². The van der Waals surface area contributed by atoms with Crippen LogP contribution in [0.15, 0.2) is 30.5 Å². The lowest BCUT2D eigenvalue weighted by molar-refractivity contribution is -0.143. The molecule has 0 aliphatic carbocycles. The van der Waals surface area contributed by atoms with E-state index in [9.17, 15) is 9.90 Å². The molecule has 2 N–H and O–H groups in total. The summed E-state index contributed by atoms with van der Waals surface area (Å²) >= 11 is 0. The number of fused-ring (bicyclic) bond motifs is 1. The number of aliphatic hydroxyl groups is 1. The van der Waals surface area contributed by atoms with Crippen LogP contribution in [0.4, 0.5) is 0 Å². The zero-order valence-electron chi connectivity index (χ0n) is 13.7. The van der Waals surface area contributed by atoms with Crippen molar-refractivity contribution in [2.75, 3.05) is 26.7 Å². The lowest BCUT2D eigenvalue weighted by atomic mass is 9.96. The summed E-state index contributed by atoms with van der Waals surface area (Å²) in [6, 6.07) is 7.44. The van der Waals surface area contributed by atoms with Gasteiger partial charge >= 0.3 is 5.97 Å². The summed E-state index contributed by atoms with van der Waals surface area (Å²) in [4.78, 5) is 17.5. The predicted octanol–water partition coefficient (Wildman–Crippen LogP) is 2.07. The SMILES string of the molecule is COc1ccc2nccc([C@@H](O)CN3CCC(C(=O)O)CC3)c2c1. The van der Waals surface area contributed by atoms with E-state index in [1.165, 1.54) is 0 Å². The van der Waals surface area contributed by atoms with Crippen molar-refractivity contribution in [2.24, 2.45) is 5.92 Å². The van der Waals surface area contributed by atoms with Gasteiger partial charge in [0.05, 0.1) is 24.6 Å². The number of carboxylic acids is 1. The van der Waals surface area contributed by atoms with Crippen molar-refractivity contribution in [2.45, 2.75) is 18.9 Å². The highest BCUT2D eigenvalue weighted by Crippen LogP contribution is 2.28. The maximum absolute atomic E-state index is 11.0. The van der Waals surface area contributed by atoms with E-state index in [2.05, 4.69) is 9.88 Å². The van der Waals surface area contributed by atoms with E-state index in [1.54, 1.807) is 13.3 Å². The van der Waals surface area contributed by atoms with Gasteiger partial charge in [0.25, 0.3) is 0 Å². The smallest absolute Gasteiger partial charge is 0.306 e. The Balaban J connectivity index is 1.74. The van der Waals surface area contributed by atoms with Crippen LogP contribution in [-0.4, -0.2) is 52.8 Å². The highest BCUT2D eigenvalue weighted by Gasteiger charge is 2.26. The molecule has 6 nitrogen and oxygen atoms in total. The van der Waals surface area contributed by atoms with Crippen molar-refractivity contribution in [1.82, 2.24) is 9.88 Å². The molecule has 6 heteroatoms. The first-order valence-electron chi connectivity index (χ1n) is 8.14. The highest BCUT2D eigenvalue weighted by atomic mass is 16.5. The van der Waals surface area contributed by atoms with E-state index in [4.69, 9.17) is 9.84 Å². The van der Waals surface area contributed by atoms with Crippen LogP contribution in [0.1, 0.15) is 24.5 Å². The molecule has 0 radical (unpaired) electrons. The molecule has 2 aromatic rings. The van der Waals surface area contributed by atoms with Gasteiger partial charge in [-0.15, -0.1) is 0 Å². The predicted molar refractivity (Wildman–Crippen MR) is 90.1 cm³/mol. The van der Waals surface area contributed by atoms with Crippen molar-refractivity contribution >= 4 is 16.9 Å². The Bertz CT molecular complexity index is 726. The maximum Gasteiger partial charge on any atom is 0.306 e. The fourth-order valence-corrected chi connectivity index (χ4v) is 3.27. The van der Waals surface area contributed by atoms with E-state index in [0.717, 1.165) is 22.2 Å². The van der Waals surface area contributed by atoms with Gasteiger partial charge in [-0.05, 0) is 55.8 Å². The number of aliphatic carboxylic acids is 1. The molecule has 0 bridgehead atoms. The minimum atomic E-state index is -0.720. The fraction of sp³-hybridized carbons (Fsp3) is 0.444. The van der Waals surface area contributed by atoms with Gasteiger partial charge in [0, 0.05) is 18.1 Å². The summed E-state index contributed by atoms with van der Waals surface area (Å²) < 4.78 is 5.27. The molecule has 1 atom stereocenters. The largest absolute Gasteiger partial charge is 0.497 e. The monoisotopic (exact) mass is 330 g/mol. The first-order chi connectivity index (χ1) is 11.6. The van der Waals surface area contributed by atoms with Crippen LogP contribution < -0.4 is 4.74 Å². The Morgan fingerprint density at radius 2 is 2.12 bits per heavy atom. The van der Waals surface area contributed by atoms with E-state index in [1.807, 2.05) is 24.3 Å². The average molecular weight is 330 g/mol. The number of hydrogen-bond donors (Lipinski definition) is 2. The number of benzene rings is 1. The number of carbonyl (C=O) groups is 1. The Morgan fingerprint density at radius 1 is 1.38 bits per heavy atom. The summed E-state index contributed by atoms with van der Waals surface area (Å²) in [7, 11) is 1.61. The second-order valence-electron chi connectivity index (χ2n) is 6.21. The van der Waals surface area contributed by atoms with Gasteiger partial charge in [0.15, 0.2) is 0 Å². The van der Waals surface area contributed by atoms with Crippen LogP contribution in [0.3, 0.4) is 0 Å². The Kier molecular flexibility index (Phi) is 4.97. The summed E-state index contributed by atoms with van der Waals surface area (Å²) in [6.45, 7) is 1.88. The van der Waals surface area contributed by atoms with Crippen molar-refractivity contribution < 1.29 is 19.7 Å². The number of aromatic nitrogens is 1. The molecule has 1 aliphatic rings. The first kappa shape index (κ1) is 16.7. The number of hydrogen-bond acceptors (Lipinski definition) is 5. The molecular weight excluding hydrogens is 308 g/mol. The van der Waals surface area contributed by atoms with Gasteiger partial charge in [0.2, 0.25) is 0 Å². The lowest BCUT2D eigenvalue weighted by Gasteiger charge is -2.31. The molecule has 0 unspecified atom stereocenters. The molecule has 1 aliphatic heterocycles. The minimum Gasteiger partial charge on any atom is -0.497 e. The number of β-amino-alcohol motifs (C(OH)–C–C–N with tert-alkyl or cyclic N) is 1. The Hall–Kier alpha value is -2.18. The molecule has 0 amide bonds. The number of nitrogens with zero attached hydrogens (tertiary/aromatic N) is 2. The zero-order valence-corrected chi connectivity index (χ0v) is 13.7. The molecule has 1 saturated heterocycles. The number of aliphatic hydroxyl groups excluding tert-OH is 1. The zero-order chi connectivity index (χ0) is 17.1. The van der Waals surface area contributed by atoms with Crippen molar-refractivity contribution in [3.63, 3.8) is 0 Å². The molecule has 1 fully saturated rings. The van der Waals surface area contributed by atoms with E-state index in [-0.39, 0.29) is 5.92 Å². The quantitative estimate of drug-likeness (QED) is 0.873. The molecule has 3 rings (SSSR count). The van der Waals surface area contributed by atoms with Crippen molar-refractivity contribution in [3.05, 3.63) is 36.0 Å². The van der Waals surface area contributed by atoms with Gasteiger partial charge in [-0.25, -0.2) is 0 Å². The number of carboxylic acid groups (broad SMARTS) is 1. The van der Waals surface area contributed by atoms with Crippen LogP contribution in [0.5, 0.6) is 5.75 Å². The first-order valence-corrected chi connectivity index (χ1v) is 8.14. The number of methoxy groups -OCH3 is 1. The minimum absolute atomic E-state index is 0.260. The molecule has 0 spiro atoms. The van der Waals surface area contributed by atoms with Gasteiger partial charge < -0.3 is 19.8 Å². The number of likely N-dealkylation sites (tertiary alicyclic amines) is 1. The molecule has 0 saturated carbocycles. The van der Waals surface area contributed by atoms with Crippen LogP contribution in [0, 0.1) is 5.92 Å². The van der Waals surface area contributed by atoms with Gasteiger partial charge in [-0.2, -0.15) is 0 Å². The highest BCUT2D eigenvalue weighted by molar-refractivity contribution is 5.83. The third-order valence-corrected chi connectivity index (χ3v) is 4.71. The average Bonchev–Trinajstić information content (AvgIpc) is 2.61. The summed E-state index contributed by atoms with van der Waals surface area (Å²) in [6.07, 6.45) is 2.31. The number of rotatable bonds is 5. The number of pyridine rings is 1. The van der Waals surface area contributed by atoms with Crippen molar-refractivity contribution in [3.8, 4) is 5.75 Å². The fourth-order valence-electron chi connectivity index (χ4n) is 3.27. The summed E-state index contributed by atoms with van der Waals surface area (Å²) in [5.41, 5.74) is 1.64. The van der Waals surface area contributed by atoms with Gasteiger partial charge in [0.1, 0.15) is 5.75 Å². The van der Waals surface area contributed by atoms with E-state index in [0.29, 0.717) is 32.5 Å². The number of ether oxygens (including phenoxy) is 1. The van der Waals surface area contributed by atoms with Crippen LogP contribution in [0.25, 0.3) is 10.9 Å². The van der Waals surface area contributed by atoms with Crippen LogP contribution in [-0.2, 0) is 4.79 Å². The molecular formula is C18H22N2O4. The summed E-state index contributed by atoms with van der Waals surface area (Å²) in [5.74, 6) is -0.252. The molecule has 128 valence electrons. The molecule has 1 aromatic carbocycles. The molecule has 1 aromatic heterocycles. The van der Waals surface area contributed by atoms with E-state index >= 15 is 0 Å².